The number of rotatable bonds is 3. The van der Waals surface area contributed by atoms with Gasteiger partial charge in [-0.15, -0.1) is 11.3 Å². The van der Waals surface area contributed by atoms with Crippen molar-refractivity contribution >= 4 is 103 Å². The number of hydrogen-bond donors (Lipinski definition) is 0. The summed E-state index contributed by atoms with van der Waals surface area (Å²) < 4.78 is 15.1. The monoisotopic (exact) mass is 582 g/mol. The molecule has 10 aromatic rings. The van der Waals surface area contributed by atoms with Gasteiger partial charge in [-0.25, -0.2) is 4.98 Å². The molecule has 5 heteroatoms. The van der Waals surface area contributed by atoms with Gasteiger partial charge in [0.2, 0.25) is 0 Å². The first-order valence-corrected chi connectivity index (χ1v) is 15.4. The Kier molecular flexibility index (Phi) is 4.84. The van der Waals surface area contributed by atoms with Gasteiger partial charge in [-0.05, 0) is 65.4 Å². The van der Waals surface area contributed by atoms with E-state index in [2.05, 4.69) is 120 Å². The van der Waals surface area contributed by atoms with Crippen LogP contribution in [0.4, 0.5) is 17.2 Å². The molecular weight excluding hydrogens is 561 g/mol. The Bertz CT molecular complexity index is 2640. The smallest absolute Gasteiger partial charge is 0.153 e. The lowest BCUT2D eigenvalue weighted by molar-refractivity contribution is 0.667. The maximum absolute atomic E-state index is 6.32. The van der Waals surface area contributed by atoms with Gasteiger partial charge in [-0.3, -0.25) is 4.90 Å². The molecule has 4 aromatic heterocycles. The van der Waals surface area contributed by atoms with Crippen LogP contribution in [0.1, 0.15) is 0 Å². The van der Waals surface area contributed by atoms with E-state index in [1.54, 1.807) is 0 Å². The van der Waals surface area contributed by atoms with Crippen molar-refractivity contribution in [3.05, 3.63) is 134 Å². The Hall–Kier alpha value is -5.65. The molecule has 0 aliphatic carbocycles. The fraction of sp³-hybridized carbons (Fsp3) is 0. The Morgan fingerprint density at radius 3 is 2.00 bits per heavy atom. The fourth-order valence-electron chi connectivity index (χ4n) is 6.60. The number of anilines is 3. The normalized spacial score (nSPS) is 12.1. The number of pyridine rings is 1. The quantitative estimate of drug-likeness (QED) is 0.208. The Balaban J connectivity index is 1.22. The summed E-state index contributed by atoms with van der Waals surface area (Å²) in [7, 11) is 0. The number of furan rings is 2. The second-order valence-electron chi connectivity index (χ2n) is 11.2. The molecule has 6 aromatic carbocycles. The van der Waals surface area contributed by atoms with Crippen molar-refractivity contribution in [3.8, 4) is 0 Å². The molecule has 4 heterocycles. The predicted octanol–water partition coefficient (Wildman–Crippen LogP) is 11.9. The van der Waals surface area contributed by atoms with Crippen LogP contribution in [-0.2, 0) is 0 Å². The second kappa shape index (κ2) is 8.93. The first kappa shape index (κ1) is 23.9. The van der Waals surface area contributed by atoms with E-state index < -0.39 is 0 Å². The van der Waals surface area contributed by atoms with Crippen LogP contribution in [-0.4, -0.2) is 4.98 Å². The molecule has 0 fully saturated rings. The van der Waals surface area contributed by atoms with E-state index >= 15 is 0 Å². The molecule has 0 saturated carbocycles. The molecule has 0 N–H and O–H groups in total. The summed E-state index contributed by atoms with van der Waals surface area (Å²) in [4.78, 5) is 7.19. The third kappa shape index (κ3) is 3.47. The first-order valence-electron chi connectivity index (χ1n) is 14.6. The average Bonchev–Trinajstić information content (AvgIpc) is 3.74. The maximum atomic E-state index is 6.32. The van der Waals surface area contributed by atoms with Crippen LogP contribution in [0.2, 0.25) is 0 Å². The van der Waals surface area contributed by atoms with E-state index in [4.69, 9.17) is 13.8 Å². The molecule has 0 aliphatic rings. The zero-order valence-electron chi connectivity index (χ0n) is 23.3. The highest BCUT2D eigenvalue weighted by Gasteiger charge is 2.20. The zero-order valence-corrected chi connectivity index (χ0v) is 24.1. The maximum Gasteiger partial charge on any atom is 0.153 e. The topological polar surface area (TPSA) is 42.4 Å². The summed E-state index contributed by atoms with van der Waals surface area (Å²) >= 11 is 1.82. The van der Waals surface area contributed by atoms with Crippen molar-refractivity contribution in [2.75, 3.05) is 4.90 Å². The minimum Gasteiger partial charge on any atom is -0.456 e. The van der Waals surface area contributed by atoms with Gasteiger partial charge in [0.1, 0.15) is 22.6 Å². The Morgan fingerprint density at radius 1 is 0.455 bits per heavy atom. The minimum atomic E-state index is 0.770. The van der Waals surface area contributed by atoms with E-state index in [1.807, 2.05) is 29.7 Å². The number of fused-ring (bicyclic) bond motifs is 10. The summed E-state index contributed by atoms with van der Waals surface area (Å²) in [6.07, 6.45) is 1.85. The number of benzene rings is 6. The number of hydrogen-bond acceptors (Lipinski definition) is 5. The van der Waals surface area contributed by atoms with Crippen LogP contribution in [0.15, 0.2) is 142 Å². The Morgan fingerprint density at radius 2 is 1.09 bits per heavy atom. The van der Waals surface area contributed by atoms with E-state index in [0.717, 1.165) is 66.5 Å². The molecule has 0 radical (unpaired) electrons. The summed E-state index contributed by atoms with van der Waals surface area (Å²) in [5, 5.41) is 9.21. The predicted molar refractivity (Wildman–Crippen MR) is 184 cm³/mol. The van der Waals surface area contributed by atoms with Crippen LogP contribution < -0.4 is 4.90 Å². The average molecular weight is 583 g/mol. The van der Waals surface area contributed by atoms with Crippen molar-refractivity contribution in [2.45, 2.75) is 0 Å². The highest BCUT2D eigenvalue weighted by Crippen LogP contribution is 2.43. The molecule has 0 unspecified atom stereocenters. The van der Waals surface area contributed by atoms with Crippen LogP contribution in [0.3, 0.4) is 0 Å². The summed E-state index contributed by atoms with van der Waals surface area (Å²) in [5.41, 5.74) is 5.37. The van der Waals surface area contributed by atoms with Gasteiger partial charge in [-0.1, -0.05) is 66.7 Å². The zero-order chi connectivity index (χ0) is 28.8. The van der Waals surface area contributed by atoms with Gasteiger partial charge in [0, 0.05) is 53.5 Å². The van der Waals surface area contributed by atoms with Crippen molar-refractivity contribution in [1.82, 2.24) is 4.98 Å². The standard InChI is InChI=1S/C39H22N2O2S/c1-2-8-24-18-34-31(17-23(24)7-1)32-21-39(40-22-36(32)43-34)41(25-13-15-28-27-9-3-5-11-33(27)42-35(28)19-25)26-14-16-30-29-10-4-6-12-37(29)44-38(30)20-26/h1-22H. The Labute approximate surface area is 255 Å². The van der Waals surface area contributed by atoms with Gasteiger partial charge >= 0.3 is 0 Å². The lowest BCUT2D eigenvalue weighted by Gasteiger charge is -2.24. The highest BCUT2D eigenvalue weighted by atomic mass is 32.1. The molecule has 206 valence electrons. The summed E-state index contributed by atoms with van der Waals surface area (Å²) in [6.45, 7) is 0. The minimum absolute atomic E-state index is 0.770. The number of para-hydroxylation sites is 1. The molecule has 0 bridgehead atoms. The van der Waals surface area contributed by atoms with Crippen molar-refractivity contribution in [1.29, 1.82) is 0 Å². The van der Waals surface area contributed by atoms with E-state index in [9.17, 15) is 0 Å². The lowest BCUT2D eigenvalue weighted by Crippen LogP contribution is -2.11. The van der Waals surface area contributed by atoms with Gasteiger partial charge in [0.05, 0.1) is 11.9 Å². The van der Waals surface area contributed by atoms with E-state index in [-0.39, 0.29) is 0 Å². The van der Waals surface area contributed by atoms with Gasteiger partial charge in [-0.2, -0.15) is 0 Å². The largest absolute Gasteiger partial charge is 0.456 e. The highest BCUT2D eigenvalue weighted by molar-refractivity contribution is 7.25. The molecular formula is C39H22N2O2S. The molecule has 4 nitrogen and oxygen atoms in total. The van der Waals surface area contributed by atoms with Crippen LogP contribution in [0, 0.1) is 0 Å². The number of nitrogens with zero attached hydrogens (tertiary/aromatic N) is 2. The van der Waals surface area contributed by atoms with Crippen LogP contribution in [0.5, 0.6) is 0 Å². The summed E-state index contributed by atoms with van der Waals surface area (Å²) in [6, 6.07) is 44.8. The third-order valence-electron chi connectivity index (χ3n) is 8.68. The number of aromatic nitrogens is 1. The SMILES string of the molecule is c1ccc2cc3c(cc2c1)oc1cnc(N(c2ccc4c(c2)oc2ccccc24)c2ccc4c(c2)sc2ccccc24)cc13. The van der Waals surface area contributed by atoms with Crippen molar-refractivity contribution in [3.63, 3.8) is 0 Å². The first-order chi connectivity index (χ1) is 21.8. The lowest BCUT2D eigenvalue weighted by atomic mass is 10.1. The van der Waals surface area contributed by atoms with Crippen LogP contribution in [0.25, 0.3) is 74.8 Å². The molecule has 44 heavy (non-hydrogen) atoms. The van der Waals surface area contributed by atoms with Gasteiger partial charge in [0.15, 0.2) is 5.58 Å². The molecule has 0 aliphatic heterocycles. The van der Waals surface area contributed by atoms with Crippen molar-refractivity contribution < 1.29 is 8.83 Å². The fourth-order valence-corrected chi connectivity index (χ4v) is 7.74. The molecule has 10 rings (SSSR count). The molecule has 0 saturated heterocycles. The van der Waals surface area contributed by atoms with E-state index in [0.29, 0.717) is 0 Å². The van der Waals surface area contributed by atoms with Gasteiger partial charge in [0.25, 0.3) is 0 Å². The third-order valence-corrected chi connectivity index (χ3v) is 9.81. The van der Waals surface area contributed by atoms with E-state index in [1.165, 1.54) is 25.6 Å². The van der Waals surface area contributed by atoms with Crippen molar-refractivity contribution in [2.24, 2.45) is 0 Å². The number of thiophene rings is 1. The molecule has 0 amide bonds. The summed E-state index contributed by atoms with van der Waals surface area (Å²) in [5.74, 6) is 0.810. The molecule has 0 atom stereocenters. The molecule has 0 spiro atoms. The van der Waals surface area contributed by atoms with Crippen LogP contribution >= 0.6 is 11.3 Å². The van der Waals surface area contributed by atoms with Gasteiger partial charge < -0.3 is 8.83 Å². The second-order valence-corrected chi connectivity index (χ2v) is 12.3.